The predicted molar refractivity (Wildman–Crippen MR) is 74.2 cm³/mol. The third kappa shape index (κ3) is 3.47. The zero-order valence-corrected chi connectivity index (χ0v) is 11.6. The van der Waals surface area contributed by atoms with Crippen LogP contribution >= 0.6 is 12.4 Å². The first kappa shape index (κ1) is 15.0. The fraction of sp³-hybridized carbons (Fsp3) is 0.500. The van der Waals surface area contributed by atoms with E-state index in [2.05, 4.69) is 36.5 Å². The molecule has 2 atom stereocenters. The van der Waals surface area contributed by atoms with E-state index in [1.807, 2.05) is 0 Å². The molecule has 2 rings (SSSR count). The van der Waals surface area contributed by atoms with Gasteiger partial charge in [0.05, 0.1) is 13.0 Å². The Morgan fingerprint density at radius 3 is 2.83 bits per heavy atom. The highest BCUT2D eigenvalue weighted by Gasteiger charge is 2.28. The van der Waals surface area contributed by atoms with Gasteiger partial charge in [-0.15, -0.1) is 12.4 Å². The van der Waals surface area contributed by atoms with E-state index in [0.29, 0.717) is 5.92 Å². The fourth-order valence-electron chi connectivity index (χ4n) is 2.47. The average Bonchev–Trinajstić information content (AvgIpc) is 2.38. The van der Waals surface area contributed by atoms with Crippen LogP contribution in [-0.4, -0.2) is 26.2 Å². The van der Waals surface area contributed by atoms with Gasteiger partial charge in [0.15, 0.2) is 0 Å². The SMILES string of the molecule is COC(=O)C1CNCC(c2cccc(C)c2)C1.Cl. The summed E-state index contributed by atoms with van der Waals surface area (Å²) in [7, 11) is 1.46. The van der Waals surface area contributed by atoms with Crippen LogP contribution in [0.25, 0.3) is 0 Å². The molecule has 1 heterocycles. The van der Waals surface area contributed by atoms with E-state index in [1.54, 1.807) is 0 Å². The Morgan fingerprint density at radius 1 is 1.39 bits per heavy atom. The van der Waals surface area contributed by atoms with Crippen molar-refractivity contribution in [1.82, 2.24) is 5.32 Å². The molecule has 2 unspecified atom stereocenters. The zero-order valence-electron chi connectivity index (χ0n) is 10.8. The summed E-state index contributed by atoms with van der Waals surface area (Å²) in [6, 6.07) is 8.51. The molecule has 0 spiro atoms. The third-order valence-electron chi connectivity index (χ3n) is 3.40. The van der Waals surface area contributed by atoms with Crippen molar-refractivity contribution in [3.05, 3.63) is 35.4 Å². The van der Waals surface area contributed by atoms with Crippen molar-refractivity contribution >= 4 is 18.4 Å². The van der Waals surface area contributed by atoms with Gasteiger partial charge >= 0.3 is 5.97 Å². The molecule has 0 saturated carbocycles. The second kappa shape index (κ2) is 6.76. The highest BCUT2D eigenvalue weighted by Crippen LogP contribution is 2.27. The molecule has 1 aromatic carbocycles. The van der Waals surface area contributed by atoms with Crippen LogP contribution in [0.1, 0.15) is 23.5 Å². The third-order valence-corrected chi connectivity index (χ3v) is 3.40. The van der Waals surface area contributed by atoms with E-state index in [-0.39, 0.29) is 24.3 Å². The van der Waals surface area contributed by atoms with Crippen molar-refractivity contribution in [2.75, 3.05) is 20.2 Å². The molecule has 3 nitrogen and oxygen atoms in total. The van der Waals surface area contributed by atoms with E-state index in [0.717, 1.165) is 19.5 Å². The van der Waals surface area contributed by atoms with Crippen molar-refractivity contribution < 1.29 is 9.53 Å². The number of hydrogen-bond donors (Lipinski definition) is 1. The van der Waals surface area contributed by atoms with E-state index >= 15 is 0 Å². The van der Waals surface area contributed by atoms with Gasteiger partial charge in [0.1, 0.15) is 0 Å². The van der Waals surface area contributed by atoms with E-state index in [1.165, 1.54) is 18.2 Å². The van der Waals surface area contributed by atoms with Crippen LogP contribution in [0.4, 0.5) is 0 Å². The number of benzene rings is 1. The summed E-state index contributed by atoms with van der Waals surface area (Å²) in [6.07, 6.45) is 0.878. The number of carbonyl (C=O) groups excluding carboxylic acids is 1. The second-order valence-corrected chi connectivity index (χ2v) is 4.73. The Hall–Kier alpha value is -1.06. The molecule has 4 heteroatoms. The molecule has 1 aromatic rings. The van der Waals surface area contributed by atoms with Crippen molar-refractivity contribution in [3.8, 4) is 0 Å². The first-order valence-corrected chi connectivity index (χ1v) is 6.06. The first-order valence-electron chi connectivity index (χ1n) is 6.06. The van der Waals surface area contributed by atoms with Crippen LogP contribution in [0.2, 0.25) is 0 Å². The highest BCUT2D eigenvalue weighted by atomic mass is 35.5. The lowest BCUT2D eigenvalue weighted by atomic mass is 9.85. The summed E-state index contributed by atoms with van der Waals surface area (Å²) in [5.74, 6) is 0.293. The number of piperidine rings is 1. The minimum absolute atomic E-state index is 0. The lowest BCUT2D eigenvalue weighted by molar-refractivity contribution is -0.146. The Labute approximate surface area is 114 Å². The zero-order chi connectivity index (χ0) is 12.3. The number of hydrogen-bond acceptors (Lipinski definition) is 3. The Balaban J connectivity index is 0.00000162. The van der Waals surface area contributed by atoms with Crippen molar-refractivity contribution in [3.63, 3.8) is 0 Å². The molecule has 100 valence electrons. The van der Waals surface area contributed by atoms with Crippen molar-refractivity contribution in [1.29, 1.82) is 0 Å². The normalized spacial score (nSPS) is 23.0. The second-order valence-electron chi connectivity index (χ2n) is 4.73. The summed E-state index contributed by atoms with van der Waals surface area (Å²) < 4.78 is 4.82. The number of nitrogens with one attached hydrogen (secondary N) is 1. The molecular weight excluding hydrogens is 250 g/mol. The summed E-state index contributed by atoms with van der Waals surface area (Å²) in [5, 5.41) is 3.32. The van der Waals surface area contributed by atoms with Gasteiger partial charge in [0, 0.05) is 13.1 Å². The van der Waals surface area contributed by atoms with Crippen molar-refractivity contribution in [2.24, 2.45) is 5.92 Å². The van der Waals surface area contributed by atoms with E-state index in [4.69, 9.17) is 4.74 Å². The largest absolute Gasteiger partial charge is 0.469 e. The molecule has 0 bridgehead atoms. The number of rotatable bonds is 2. The molecule has 1 aliphatic heterocycles. The molecule has 1 aliphatic rings. The molecule has 0 amide bonds. The number of halogens is 1. The molecule has 1 fully saturated rings. The summed E-state index contributed by atoms with van der Waals surface area (Å²) in [5.41, 5.74) is 2.58. The number of aryl methyl sites for hydroxylation is 1. The summed E-state index contributed by atoms with van der Waals surface area (Å²) in [4.78, 5) is 11.5. The van der Waals surface area contributed by atoms with Gasteiger partial charge in [-0.2, -0.15) is 0 Å². The molecule has 1 saturated heterocycles. The monoisotopic (exact) mass is 269 g/mol. The van der Waals surface area contributed by atoms with Gasteiger partial charge in [-0.1, -0.05) is 29.8 Å². The van der Waals surface area contributed by atoms with E-state index < -0.39 is 0 Å². The topological polar surface area (TPSA) is 38.3 Å². The molecule has 0 radical (unpaired) electrons. The maximum absolute atomic E-state index is 11.5. The van der Waals surface area contributed by atoms with Gasteiger partial charge in [-0.3, -0.25) is 4.79 Å². The van der Waals surface area contributed by atoms with E-state index in [9.17, 15) is 4.79 Å². The fourth-order valence-corrected chi connectivity index (χ4v) is 2.47. The summed E-state index contributed by atoms with van der Waals surface area (Å²) in [6.45, 7) is 3.77. The smallest absolute Gasteiger partial charge is 0.309 e. The summed E-state index contributed by atoms with van der Waals surface area (Å²) >= 11 is 0. The van der Waals surface area contributed by atoms with Crippen LogP contribution < -0.4 is 5.32 Å². The van der Waals surface area contributed by atoms with Gasteiger partial charge < -0.3 is 10.1 Å². The minimum atomic E-state index is -0.102. The van der Waals surface area contributed by atoms with Gasteiger partial charge in [0.25, 0.3) is 0 Å². The Morgan fingerprint density at radius 2 is 2.17 bits per heavy atom. The molecule has 0 aromatic heterocycles. The number of esters is 1. The van der Waals surface area contributed by atoms with Gasteiger partial charge in [-0.25, -0.2) is 0 Å². The lowest BCUT2D eigenvalue weighted by Gasteiger charge is -2.28. The standard InChI is InChI=1S/C14H19NO2.ClH/c1-10-4-3-5-11(6-10)12-7-13(9-15-8-12)14(16)17-2;/h3-6,12-13,15H,7-9H2,1-2H3;1H. The molecular formula is C14H20ClNO2. The van der Waals surface area contributed by atoms with Crippen LogP contribution in [0.3, 0.4) is 0 Å². The van der Waals surface area contributed by atoms with Crippen LogP contribution in [-0.2, 0) is 9.53 Å². The van der Waals surface area contributed by atoms with Gasteiger partial charge in [-0.05, 0) is 24.8 Å². The number of ether oxygens (including phenoxy) is 1. The first-order chi connectivity index (χ1) is 8.20. The lowest BCUT2D eigenvalue weighted by Crippen LogP contribution is -2.39. The minimum Gasteiger partial charge on any atom is -0.469 e. The number of carbonyl (C=O) groups is 1. The molecule has 1 N–H and O–H groups in total. The molecule has 0 aliphatic carbocycles. The van der Waals surface area contributed by atoms with Gasteiger partial charge in [0.2, 0.25) is 0 Å². The quantitative estimate of drug-likeness (QED) is 0.837. The Bertz CT molecular complexity index is 409. The van der Waals surface area contributed by atoms with Crippen molar-refractivity contribution in [2.45, 2.75) is 19.3 Å². The predicted octanol–water partition coefficient (Wildman–Crippen LogP) is 2.28. The van der Waals surface area contributed by atoms with Crippen LogP contribution in [0.15, 0.2) is 24.3 Å². The Kier molecular flexibility index (Phi) is 5.63. The molecule has 18 heavy (non-hydrogen) atoms. The van der Waals surface area contributed by atoms with Crippen LogP contribution in [0.5, 0.6) is 0 Å². The average molecular weight is 270 g/mol. The highest BCUT2D eigenvalue weighted by molar-refractivity contribution is 5.85. The maximum atomic E-state index is 11.5. The van der Waals surface area contributed by atoms with Crippen LogP contribution in [0, 0.1) is 12.8 Å². The number of methoxy groups -OCH3 is 1. The maximum Gasteiger partial charge on any atom is 0.309 e.